The molecule has 0 aliphatic carbocycles. The lowest BCUT2D eigenvalue weighted by Crippen LogP contribution is -2.11. The maximum Gasteiger partial charge on any atom is 0.346 e. The van der Waals surface area contributed by atoms with E-state index in [1.165, 1.54) is 0 Å². The molecule has 3 aromatic carbocycles. The van der Waals surface area contributed by atoms with Crippen LogP contribution in [0.3, 0.4) is 0 Å². The second kappa shape index (κ2) is 4.29. The maximum absolute atomic E-state index is 12.3. The number of para-hydroxylation sites is 1. The average Bonchev–Trinajstić information content (AvgIpc) is 2.90. The molecule has 0 saturated carbocycles. The highest BCUT2D eigenvalue weighted by molar-refractivity contribution is 6.19. The van der Waals surface area contributed by atoms with Crippen molar-refractivity contribution in [3.05, 3.63) is 69.4 Å². The van der Waals surface area contributed by atoms with E-state index in [0.29, 0.717) is 21.7 Å². The Balaban J connectivity index is 2.26. The van der Waals surface area contributed by atoms with Crippen molar-refractivity contribution in [3.63, 3.8) is 0 Å². The highest BCUT2D eigenvalue weighted by Gasteiger charge is 2.17. The Kier molecular flexibility index (Phi) is 2.33. The van der Waals surface area contributed by atoms with Gasteiger partial charge in [0.1, 0.15) is 11.3 Å². The fourth-order valence-electron chi connectivity index (χ4n) is 3.34. The molecule has 0 unspecified atom stereocenters. The Labute approximate surface area is 133 Å². The number of benzene rings is 2. The molecule has 5 rings (SSSR count). The zero-order valence-corrected chi connectivity index (χ0v) is 12.2. The van der Waals surface area contributed by atoms with Crippen LogP contribution in [0.5, 0.6) is 5.75 Å². The molecule has 5 heteroatoms. The molecule has 0 aliphatic heterocycles. The fourth-order valence-corrected chi connectivity index (χ4v) is 3.34. The van der Waals surface area contributed by atoms with Gasteiger partial charge >= 0.3 is 11.3 Å². The summed E-state index contributed by atoms with van der Waals surface area (Å²) >= 11 is 0. The Hall–Kier alpha value is -3.47. The van der Waals surface area contributed by atoms with Crippen LogP contribution in [0.1, 0.15) is 0 Å². The van der Waals surface area contributed by atoms with Crippen molar-refractivity contribution in [2.24, 2.45) is 0 Å². The summed E-state index contributed by atoms with van der Waals surface area (Å²) in [5.41, 5.74) is -0.301. The molecule has 0 amide bonds. The van der Waals surface area contributed by atoms with Crippen molar-refractivity contribution in [2.75, 3.05) is 0 Å². The number of aromatic hydroxyl groups is 1. The van der Waals surface area contributed by atoms with Crippen molar-refractivity contribution in [2.45, 2.75) is 0 Å². The van der Waals surface area contributed by atoms with E-state index in [1.54, 1.807) is 24.3 Å². The summed E-state index contributed by atoms with van der Waals surface area (Å²) < 4.78 is 4.84. The van der Waals surface area contributed by atoms with E-state index in [2.05, 4.69) is 4.98 Å². The molecular weight excluding hydrogens is 306 g/mol. The number of hydrogen-bond acceptors (Lipinski definition) is 5. The van der Waals surface area contributed by atoms with Gasteiger partial charge in [-0.05, 0) is 18.2 Å². The molecule has 5 nitrogen and oxygen atoms in total. The van der Waals surface area contributed by atoms with Crippen LogP contribution in [0, 0.1) is 0 Å². The topological polar surface area (TPSA) is 80.4 Å². The fraction of sp³-hybridized carbons (Fsp3) is 0. The first-order chi connectivity index (χ1) is 11.6. The minimum Gasteiger partial charge on any atom is -0.505 e. The van der Waals surface area contributed by atoms with Crippen LogP contribution >= 0.6 is 0 Å². The van der Waals surface area contributed by atoms with Crippen LogP contribution in [0.25, 0.3) is 43.4 Å². The number of fused-ring (bicyclic) bond motifs is 3. The second-order valence-corrected chi connectivity index (χ2v) is 5.70. The molecule has 2 heterocycles. The third kappa shape index (κ3) is 1.50. The lowest BCUT2D eigenvalue weighted by atomic mass is 10.1. The van der Waals surface area contributed by atoms with Crippen molar-refractivity contribution in [1.82, 2.24) is 4.98 Å². The van der Waals surface area contributed by atoms with Gasteiger partial charge in [0.05, 0.1) is 16.3 Å². The van der Waals surface area contributed by atoms with Crippen LogP contribution in [-0.2, 0) is 0 Å². The summed E-state index contributed by atoms with van der Waals surface area (Å²) in [6.45, 7) is 0. The van der Waals surface area contributed by atoms with Crippen LogP contribution in [0.2, 0.25) is 0 Å². The molecule has 0 spiro atoms. The Morgan fingerprint density at radius 3 is 2.38 bits per heavy atom. The normalized spacial score (nSPS) is 11.8. The molecule has 0 bridgehead atoms. The molecule has 24 heavy (non-hydrogen) atoms. The van der Waals surface area contributed by atoms with Crippen molar-refractivity contribution in [3.8, 4) is 5.75 Å². The second-order valence-electron chi connectivity index (χ2n) is 5.70. The number of aromatic nitrogens is 1. The van der Waals surface area contributed by atoms with Gasteiger partial charge in [0, 0.05) is 21.5 Å². The molecule has 2 aromatic heterocycles. The molecule has 0 fully saturated rings. The smallest absolute Gasteiger partial charge is 0.346 e. The third-order valence-corrected chi connectivity index (χ3v) is 4.41. The van der Waals surface area contributed by atoms with Crippen LogP contribution in [0.15, 0.2) is 62.5 Å². The highest BCUT2D eigenvalue weighted by atomic mass is 16.4. The van der Waals surface area contributed by atoms with E-state index in [1.807, 2.05) is 24.3 Å². The van der Waals surface area contributed by atoms with Gasteiger partial charge in [0.15, 0.2) is 0 Å². The maximum atomic E-state index is 12.3. The zero-order chi connectivity index (χ0) is 16.4. The Morgan fingerprint density at radius 2 is 1.50 bits per heavy atom. The first-order valence-electron chi connectivity index (χ1n) is 7.39. The lowest BCUT2D eigenvalue weighted by molar-refractivity contribution is 0.486. The average molecular weight is 315 g/mol. The van der Waals surface area contributed by atoms with E-state index in [4.69, 9.17) is 4.42 Å². The van der Waals surface area contributed by atoms with Gasteiger partial charge in [-0.2, -0.15) is 0 Å². The zero-order valence-electron chi connectivity index (χ0n) is 12.2. The Morgan fingerprint density at radius 1 is 0.792 bits per heavy atom. The number of hydrogen-bond donors (Lipinski definition) is 1. The first-order valence-corrected chi connectivity index (χ1v) is 7.39. The van der Waals surface area contributed by atoms with Crippen LogP contribution in [-0.4, -0.2) is 10.1 Å². The summed E-state index contributed by atoms with van der Waals surface area (Å²) in [5.74, 6) is -0.0493. The minimum absolute atomic E-state index is 0.0493. The van der Waals surface area contributed by atoms with Gasteiger partial charge in [-0.25, -0.2) is 14.6 Å². The largest absolute Gasteiger partial charge is 0.505 e. The minimum atomic E-state index is -0.717. The predicted octanol–water partition coefficient (Wildman–Crippen LogP) is 3.15. The molecule has 0 atom stereocenters. The van der Waals surface area contributed by atoms with Gasteiger partial charge in [0.25, 0.3) is 0 Å². The van der Waals surface area contributed by atoms with E-state index in [9.17, 15) is 14.7 Å². The lowest BCUT2D eigenvalue weighted by Gasteiger charge is -1.99. The van der Waals surface area contributed by atoms with Crippen molar-refractivity contribution in [1.29, 1.82) is 0 Å². The van der Waals surface area contributed by atoms with Gasteiger partial charge in [0.2, 0.25) is 0 Å². The van der Waals surface area contributed by atoms with Gasteiger partial charge < -0.3 is 9.52 Å². The summed E-state index contributed by atoms with van der Waals surface area (Å²) in [6.07, 6.45) is 0. The van der Waals surface area contributed by atoms with Crippen molar-refractivity contribution < 1.29 is 9.52 Å². The molecule has 1 N–H and O–H groups in total. The van der Waals surface area contributed by atoms with E-state index >= 15 is 0 Å². The van der Waals surface area contributed by atoms with E-state index in [0.717, 1.165) is 10.9 Å². The first kappa shape index (κ1) is 13.0. The summed E-state index contributed by atoms with van der Waals surface area (Å²) in [7, 11) is 0. The molecule has 5 aromatic rings. The Bertz CT molecular complexity index is 1400. The quantitative estimate of drug-likeness (QED) is 0.475. The van der Waals surface area contributed by atoms with Crippen LogP contribution in [0.4, 0.5) is 0 Å². The highest BCUT2D eigenvalue weighted by Crippen LogP contribution is 2.37. The van der Waals surface area contributed by atoms with Crippen molar-refractivity contribution >= 4 is 43.4 Å². The SMILES string of the molecule is O=c1oc(=O)c2cc3c(nc4ccccc43)c(O)c3cccc1c32. The molecule has 0 aliphatic rings. The number of rotatable bonds is 0. The third-order valence-electron chi connectivity index (χ3n) is 4.41. The van der Waals surface area contributed by atoms with Crippen LogP contribution < -0.4 is 11.3 Å². The van der Waals surface area contributed by atoms with Gasteiger partial charge in [-0.15, -0.1) is 0 Å². The standard InChI is InChI=1S/C19H9NO4/c21-17-10-5-3-6-11-15(10)13(19(23)24-18(11)22)8-12-9-4-1-2-7-14(9)20-16(12)17/h1-8,21H. The summed E-state index contributed by atoms with van der Waals surface area (Å²) in [6, 6.07) is 14.0. The molecular formula is C19H9NO4. The monoisotopic (exact) mass is 315 g/mol. The van der Waals surface area contributed by atoms with E-state index in [-0.39, 0.29) is 16.5 Å². The van der Waals surface area contributed by atoms with Gasteiger partial charge in [-0.1, -0.05) is 30.3 Å². The number of nitrogens with zero attached hydrogens (tertiary/aromatic N) is 1. The molecule has 0 saturated heterocycles. The molecule has 0 radical (unpaired) electrons. The molecule has 114 valence electrons. The van der Waals surface area contributed by atoms with Gasteiger partial charge in [-0.3, -0.25) is 0 Å². The van der Waals surface area contributed by atoms with E-state index < -0.39 is 11.3 Å². The predicted molar refractivity (Wildman–Crippen MR) is 91.9 cm³/mol. The summed E-state index contributed by atoms with van der Waals surface area (Å²) in [4.78, 5) is 28.8. The summed E-state index contributed by atoms with van der Waals surface area (Å²) in [5, 5.41) is 13.6.